The Hall–Kier alpha value is -3.25. The molecule has 1 aliphatic rings. The first-order valence-corrected chi connectivity index (χ1v) is 10.6. The summed E-state index contributed by atoms with van der Waals surface area (Å²) >= 11 is 0. The number of carbonyl (C=O) groups is 2. The number of nitrogens with one attached hydrogen (secondary N) is 2. The second-order valence-electron chi connectivity index (χ2n) is 7.96. The quantitative estimate of drug-likeness (QED) is 0.610. The van der Waals surface area contributed by atoms with Gasteiger partial charge >= 0.3 is 11.8 Å². The Bertz CT molecular complexity index is 1100. The molecule has 0 saturated carbocycles. The molecule has 2 amide bonds. The lowest BCUT2D eigenvalue weighted by Gasteiger charge is -2.29. The van der Waals surface area contributed by atoms with E-state index in [1.807, 2.05) is 18.2 Å². The average molecular weight is 420 g/mol. The fourth-order valence-corrected chi connectivity index (χ4v) is 4.16. The summed E-state index contributed by atoms with van der Waals surface area (Å²) in [6.45, 7) is 3.87. The van der Waals surface area contributed by atoms with Gasteiger partial charge in [-0.25, -0.2) is 4.39 Å². The van der Waals surface area contributed by atoms with Crippen LogP contribution in [0.3, 0.4) is 0 Å². The van der Waals surface area contributed by atoms with E-state index in [4.69, 9.17) is 0 Å². The number of carbonyl (C=O) groups excluding carboxylic acids is 2. The Kier molecular flexibility index (Phi) is 6.28. The molecule has 0 aromatic heterocycles. The Morgan fingerprint density at radius 1 is 1.00 bits per heavy atom. The number of amides is 2. The monoisotopic (exact) mass is 419 g/mol. The Labute approximate surface area is 181 Å². The van der Waals surface area contributed by atoms with Gasteiger partial charge in [-0.3, -0.25) is 14.5 Å². The lowest BCUT2D eigenvalue weighted by Crippen LogP contribution is -2.41. The van der Waals surface area contributed by atoms with Gasteiger partial charge in [0, 0.05) is 12.2 Å². The summed E-state index contributed by atoms with van der Waals surface area (Å²) in [7, 11) is 0. The van der Waals surface area contributed by atoms with Gasteiger partial charge < -0.3 is 10.6 Å². The van der Waals surface area contributed by atoms with E-state index in [1.54, 1.807) is 19.1 Å². The molecule has 1 saturated heterocycles. The summed E-state index contributed by atoms with van der Waals surface area (Å²) in [6, 6.07) is 18.7. The Morgan fingerprint density at radius 3 is 2.52 bits per heavy atom. The first-order valence-electron chi connectivity index (χ1n) is 10.6. The summed E-state index contributed by atoms with van der Waals surface area (Å²) in [4.78, 5) is 27.2. The Morgan fingerprint density at radius 2 is 1.74 bits per heavy atom. The van der Waals surface area contributed by atoms with Crippen LogP contribution in [0.15, 0.2) is 60.7 Å². The topological polar surface area (TPSA) is 61.4 Å². The molecule has 3 aromatic rings. The lowest BCUT2D eigenvalue weighted by atomic mass is 9.97. The fraction of sp³-hybridized carbons (Fsp3) is 0.280. The average Bonchev–Trinajstić information content (AvgIpc) is 3.31. The van der Waals surface area contributed by atoms with Crippen LogP contribution in [0.5, 0.6) is 0 Å². The van der Waals surface area contributed by atoms with Gasteiger partial charge in [-0.2, -0.15) is 0 Å². The minimum atomic E-state index is -0.804. The van der Waals surface area contributed by atoms with Crippen LogP contribution in [-0.4, -0.2) is 36.3 Å². The van der Waals surface area contributed by atoms with Crippen LogP contribution in [0.4, 0.5) is 10.1 Å². The van der Waals surface area contributed by atoms with E-state index in [0.29, 0.717) is 12.1 Å². The van der Waals surface area contributed by atoms with Gasteiger partial charge in [0.2, 0.25) is 0 Å². The van der Waals surface area contributed by atoms with Crippen molar-refractivity contribution in [1.29, 1.82) is 0 Å². The van der Waals surface area contributed by atoms with Crippen molar-refractivity contribution in [3.63, 3.8) is 0 Å². The number of nitrogens with zero attached hydrogens (tertiary/aromatic N) is 1. The Balaban J connectivity index is 1.49. The summed E-state index contributed by atoms with van der Waals surface area (Å²) < 4.78 is 13.7. The van der Waals surface area contributed by atoms with Gasteiger partial charge in [0.15, 0.2) is 0 Å². The molecular weight excluding hydrogens is 393 g/mol. The molecule has 0 bridgehead atoms. The standard InChI is InChI=1S/C25H26FN3O2/c1-17-11-12-19(15-22(17)26)28-25(31)24(30)27-16-23(29-13-4-5-14-29)21-10-6-8-18-7-2-3-9-20(18)21/h2-3,6-12,15,23H,4-5,13-14,16H2,1H3,(H,27,30)(H,28,31). The first kappa shape index (κ1) is 21.0. The molecule has 0 aliphatic carbocycles. The predicted molar refractivity (Wildman–Crippen MR) is 120 cm³/mol. The maximum absolute atomic E-state index is 13.7. The van der Waals surface area contributed by atoms with E-state index in [-0.39, 0.29) is 11.7 Å². The number of halogens is 1. The molecule has 0 radical (unpaired) electrons. The largest absolute Gasteiger partial charge is 0.346 e. The van der Waals surface area contributed by atoms with Crippen molar-refractivity contribution in [2.45, 2.75) is 25.8 Å². The van der Waals surface area contributed by atoms with E-state index in [1.165, 1.54) is 6.07 Å². The van der Waals surface area contributed by atoms with Crippen LogP contribution >= 0.6 is 0 Å². The number of benzene rings is 3. The molecular formula is C25H26FN3O2. The normalized spacial score (nSPS) is 15.0. The smallest absolute Gasteiger partial charge is 0.313 e. The minimum Gasteiger partial charge on any atom is -0.346 e. The molecule has 5 nitrogen and oxygen atoms in total. The van der Waals surface area contributed by atoms with Gasteiger partial charge in [-0.05, 0) is 66.9 Å². The van der Waals surface area contributed by atoms with Gasteiger partial charge in [0.25, 0.3) is 0 Å². The fourth-order valence-electron chi connectivity index (χ4n) is 4.16. The van der Waals surface area contributed by atoms with E-state index < -0.39 is 17.6 Å². The SMILES string of the molecule is Cc1ccc(NC(=O)C(=O)NCC(c2cccc3ccccc23)N2CCCC2)cc1F. The third-order valence-electron chi connectivity index (χ3n) is 5.86. The van der Waals surface area contributed by atoms with Crippen LogP contribution in [0.2, 0.25) is 0 Å². The molecule has 31 heavy (non-hydrogen) atoms. The van der Waals surface area contributed by atoms with Crippen LogP contribution in [-0.2, 0) is 9.59 Å². The van der Waals surface area contributed by atoms with Crippen LogP contribution in [0.25, 0.3) is 10.8 Å². The molecule has 1 unspecified atom stereocenters. The molecule has 1 fully saturated rings. The molecule has 160 valence electrons. The number of hydrogen-bond acceptors (Lipinski definition) is 3. The number of hydrogen-bond donors (Lipinski definition) is 2. The summed E-state index contributed by atoms with van der Waals surface area (Å²) in [6.07, 6.45) is 2.24. The highest BCUT2D eigenvalue weighted by Gasteiger charge is 2.26. The van der Waals surface area contributed by atoms with E-state index >= 15 is 0 Å². The van der Waals surface area contributed by atoms with E-state index in [0.717, 1.165) is 42.3 Å². The zero-order chi connectivity index (χ0) is 21.8. The second kappa shape index (κ2) is 9.27. The van der Waals surface area contributed by atoms with Crippen molar-refractivity contribution in [3.8, 4) is 0 Å². The zero-order valence-corrected chi connectivity index (χ0v) is 17.5. The number of aryl methyl sites for hydroxylation is 1. The molecule has 1 heterocycles. The summed E-state index contributed by atoms with van der Waals surface area (Å²) in [5, 5.41) is 7.55. The number of likely N-dealkylation sites (tertiary alicyclic amines) is 1. The summed E-state index contributed by atoms with van der Waals surface area (Å²) in [5.41, 5.74) is 1.88. The highest BCUT2D eigenvalue weighted by molar-refractivity contribution is 6.39. The van der Waals surface area contributed by atoms with Gasteiger partial charge in [-0.1, -0.05) is 48.5 Å². The third-order valence-corrected chi connectivity index (χ3v) is 5.86. The van der Waals surface area contributed by atoms with Crippen molar-refractivity contribution in [2.75, 3.05) is 25.0 Å². The predicted octanol–water partition coefficient (Wildman–Crippen LogP) is 4.18. The number of fused-ring (bicyclic) bond motifs is 1. The molecule has 0 spiro atoms. The second-order valence-corrected chi connectivity index (χ2v) is 7.96. The zero-order valence-electron chi connectivity index (χ0n) is 17.5. The highest BCUT2D eigenvalue weighted by Crippen LogP contribution is 2.30. The van der Waals surface area contributed by atoms with E-state index in [2.05, 4.69) is 39.8 Å². The van der Waals surface area contributed by atoms with Gasteiger partial charge in [0.1, 0.15) is 5.82 Å². The van der Waals surface area contributed by atoms with Crippen LogP contribution < -0.4 is 10.6 Å². The molecule has 1 atom stereocenters. The maximum Gasteiger partial charge on any atom is 0.313 e. The van der Waals surface area contributed by atoms with Crippen molar-refractivity contribution in [1.82, 2.24) is 10.2 Å². The van der Waals surface area contributed by atoms with Crippen molar-refractivity contribution >= 4 is 28.3 Å². The number of rotatable bonds is 5. The minimum absolute atomic E-state index is 0.0258. The maximum atomic E-state index is 13.7. The lowest BCUT2D eigenvalue weighted by molar-refractivity contribution is -0.136. The molecule has 4 rings (SSSR count). The third kappa shape index (κ3) is 4.75. The molecule has 1 aliphatic heterocycles. The van der Waals surface area contributed by atoms with Crippen LogP contribution in [0.1, 0.15) is 30.0 Å². The van der Waals surface area contributed by atoms with E-state index in [9.17, 15) is 14.0 Å². The molecule has 6 heteroatoms. The van der Waals surface area contributed by atoms with Crippen molar-refractivity contribution in [2.24, 2.45) is 0 Å². The van der Waals surface area contributed by atoms with Gasteiger partial charge in [0.05, 0.1) is 6.04 Å². The van der Waals surface area contributed by atoms with Crippen molar-refractivity contribution < 1.29 is 14.0 Å². The first-order chi connectivity index (χ1) is 15.0. The number of anilines is 1. The highest BCUT2D eigenvalue weighted by atomic mass is 19.1. The van der Waals surface area contributed by atoms with Crippen LogP contribution in [0, 0.1) is 12.7 Å². The molecule has 3 aromatic carbocycles. The van der Waals surface area contributed by atoms with Crippen molar-refractivity contribution in [3.05, 3.63) is 77.6 Å². The van der Waals surface area contributed by atoms with Gasteiger partial charge in [-0.15, -0.1) is 0 Å². The molecule has 2 N–H and O–H groups in total. The summed E-state index contributed by atoms with van der Waals surface area (Å²) in [5.74, 6) is -1.96.